The number of carbonyl (C=O) groups is 1. The van der Waals surface area contributed by atoms with Crippen LogP contribution in [0.1, 0.15) is 10.4 Å². The van der Waals surface area contributed by atoms with Gasteiger partial charge in [-0.1, -0.05) is 0 Å². The van der Waals surface area contributed by atoms with E-state index in [1.807, 2.05) is 0 Å². The summed E-state index contributed by atoms with van der Waals surface area (Å²) in [6.45, 7) is 0. The Morgan fingerprint density at radius 2 is 1.93 bits per heavy atom. The van der Waals surface area contributed by atoms with Gasteiger partial charge < -0.3 is 10.5 Å². The van der Waals surface area contributed by atoms with Crippen LogP contribution < -0.4 is 5.73 Å². The predicted octanol–water partition coefficient (Wildman–Crippen LogP) is 3.34. The van der Waals surface area contributed by atoms with E-state index in [0.29, 0.717) is 24.7 Å². The van der Waals surface area contributed by atoms with Gasteiger partial charge in [0.1, 0.15) is 0 Å². The van der Waals surface area contributed by atoms with Crippen LogP contribution in [0, 0.1) is 0 Å². The van der Waals surface area contributed by atoms with Crippen molar-refractivity contribution in [3.63, 3.8) is 0 Å². The molecule has 0 aliphatic heterocycles. The Balaban J connectivity index is 3.44. The first-order valence-corrected chi connectivity index (χ1v) is 5.88. The molecule has 2 N–H and O–H groups in total. The van der Waals surface area contributed by atoms with Crippen molar-refractivity contribution in [2.75, 3.05) is 12.8 Å². The normalized spacial score (nSPS) is 10.0. The van der Waals surface area contributed by atoms with Crippen molar-refractivity contribution in [3.05, 3.63) is 25.0 Å². The second-order valence-electron chi connectivity index (χ2n) is 2.43. The van der Waals surface area contributed by atoms with Crippen molar-refractivity contribution in [1.29, 1.82) is 0 Å². The molecule has 0 amide bonds. The first-order chi connectivity index (χ1) is 6.49. The number of anilines is 1. The van der Waals surface area contributed by atoms with Crippen molar-refractivity contribution >= 4 is 59.4 Å². The summed E-state index contributed by atoms with van der Waals surface area (Å²) in [6, 6.07) is 1.70. The maximum Gasteiger partial charge on any atom is 0.340 e. The fourth-order valence-electron chi connectivity index (χ4n) is 0.895. The zero-order valence-corrected chi connectivity index (χ0v) is 11.9. The Morgan fingerprint density at radius 1 is 1.36 bits per heavy atom. The van der Waals surface area contributed by atoms with Crippen LogP contribution in [0.3, 0.4) is 0 Å². The largest absolute Gasteiger partial charge is 0.465 e. The predicted molar refractivity (Wildman–Crippen MR) is 65.3 cm³/mol. The van der Waals surface area contributed by atoms with Gasteiger partial charge in [0.15, 0.2) is 0 Å². The molecule has 6 heteroatoms. The Hall–Kier alpha value is -0.0700. The first-order valence-electron chi connectivity index (χ1n) is 3.50. The number of methoxy groups -OCH3 is 1. The molecule has 0 spiro atoms. The zero-order valence-electron chi connectivity index (χ0n) is 7.11. The van der Waals surface area contributed by atoms with Gasteiger partial charge in [-0.05, 0) is 53.9 Å². The van der Waals surface area contributed by atoms with Gasteiger partial charge in [-0.25, -0.2) is 4.79 Å². The molecule has 0 saturated heterocycles. The summed E-state index contributed by atoms with van der Waals surface area (Å²) in [4.78, 5) is 11.4. The second kappa shape index (κ2) is 4.63. The number of rotatable bonds is 1. The molecule has 0 unspecified atom stereocenters. The lowest BCUT2D eigenvalue weighted by atomic mass is 10.2. The van der Waals surface area contributed by atoms with Gasteiger partial charge in [0.25, 0.3) is 0 Å². The van der Waals surface area contributed by atoms with E-state index < -0.39 is 5.97 Å². The summed E-state index contributed by atoms with van der Waals surface area (Å²) in [5.41, 5.74) is 6.57. The van der Waals surface area contributed by atoms with E-state index >= 15 is 0 Å². The third-order valence-electron chi connectivity index (χ3n) is 1.60. The van der Waals surface area contributed by atoms with Crippen LogP contribution in [0.2, 0.25) is 0 Å². The van der Waals surface area contributed by atoms with Crippen molar-refractivity contribution in [2.45, 2.75) is 0 Å². The van der Waals surface area contributed by atoms with E-state index in [2.05, 4.69) is 52.5 Å². The molecular formula is C8H6Br3NO2. The van der Waals surface area contributed by atoms with Crippen LogP contribution in [-0.4, -0.2) is 13.1 Å². The summed E-state index contributed by atoms with van der Waals surface area (Å²) < 4.78 is 6.48. The molecule has 1 aromatic rings. The SMILES string of the molecule is COC(=O)c1c(Br)cc(Br)c(N)c1Br. The minimum absolute atomic E-state index is 0.383. The maximum absolute atomic E-state index is 11.4. The van der Waals surface area contributed by atoms with E-state index in [0.717, 1.165) is 0 Å². The molecule has 0 aliphatic rings. The standard InChI is InChI=1S/C8H6Br3NO2/c1-14-8(13)5-3(9)2-4(10)7(12)6(5)11/h2H,12H2,1H3. The van der Waals surface area contributed by atoms with Gasteiger partial charge in [-0.15, -0.1) is 0 Å². The Kier molecular flexibility index (Phi) is 3.97. The lowest BCUT2D eigenvalue weighted by Crippen LogP contribution is -2.05. The number of hydrogen-bond donors (Lipinski definition) is 1. The molecule has 1 rings (SSSR count). The number of nitrogen functional groups attached to an aromatic ring is 1. The highest BCUT2D eigenvalue weighted by Crippen LogP contribution is 2.36. The lowest BCUT2D eigenvalue weighted by Gasteiger charge is -2.09. The van der Waals surface area contributed by atoms with Crippen molar-refractivity contribution in [2.24, 2.45) is 0 Å². The number of halogens is 3. The van der Waals surface area contributed by atoms with Crippen LogP contribution in [0.15, 0.2) is 19.5 Å². The highest BCUT2D eigenvalue weighted by atomic mass is 79.9. The number of esters is 1. The third-order valence-corrected chi connectivity index (χ3v) is 3.70. The molecule has 0 aliphatic carbocycles. The zero-order chi connectivity index (χ0) is 10.9. The topological polar surface area (TPSA) is 52.3 Å². The summed E-state index contributed by atoms with van der Waals surface area (Å²) in [5, 5.41) is 0. The number of carbonyl (C=O) groups excluding carboxylic acids is 1. The van der Waals surface area contributed by atoms with E-state index in [-0.39, 0.29) is 0 Å². The summed E-state index contributed by atoms with van der Waals surface area (Å²) in [7, 11) is 1.32. The fourth-order valence-corrected chi connectivity index (χ4v) is 3.34. The average molecular weight is 388 g/mol. The summed E-state index contributed by atoms with van der Waals surface area (Å²) in [6.07, 6.45) is 0. The molecule has 0 heterocycles. The molecular weight excluding hydrogens is 382 g/mol. The molecule has 0 fully saturated rings. The Morgan fingerprint density at radius 3 is 2.43 bits per heavy atom. The summed E-state index contributed by atoms with van der Waals surface area (Å²) in [5.74, 6) is -0.442. The van der Waals surface area contributed by atoms with E-state index in [4.69, 9.17) is 5.73 Å². The molecule has 3 nitrogen and oxygen atoms in total. The second-order valence-corrected chi connectivity index (χ2v) is 4.94. The maximum atomic E-state index is 11.4. The number of benzene rings is 1. The average Bonchev–Trinajstić information content (AvgIpc) is 2.14. The highest BCUT2D eigenvalue weighted by Gasteiger charge is 2.18. The Labute approximate surface area is 106 Å². The minimum Gasteiger partial charge on any atom is -0.465 e. The third kappa shape index (κ3) is 2.12. The van der Waals surface area contributed by atoms with Crippen molar-refractivity contribution < 1.29 is 9.53 Å². The van der Waals surface area contributed by atoms with E-state index in [9.17, 15) is 4.79 Å². The molecule has 0 bridgehead atoms. The van der Waals surface area contributed by atoms with Gasteiger partial charge in [0.2, 0.25) is 0 Å². The van der Waals surface area contributed by atoms with Gasteiger partial charge in [-0.2, -0.15) is 0 Å². The van der Waals surface area contributed by atoms with Crippen LogP contribution >= 0.6 is 47.8 Å². The van der Waals surface area contributed by atoms with Crippen LogP contribution in [0.5, 0.6) is 0 Å². The van der Waals surface area contributed by atoms with E-state index in [1.54, 1.807) is 6.07 Å². The number of ether oxygens (including phenoxy) is 1. The molecule has 0 saturated carbocycles. The van der Waals surface area contributed by atoms with Crippen LogP contribution in [0.25, 0.3) is 0 Å². The highest BCUT2D eigenvalue weighted by molar-refractivity contribution is 9.11. The van der Waals surface area contributed by atoms with Gasteiger partial charge >= 0.3 is 5.97 Å². The van der Waals surface area contributed by atoms with Crippen LogP contribution in [-0.2, 0) is 4.74 Å². The molecule has 0 radical (unpaired) electrons. The quantitative estimate of drug-likeness (QED) is 0.594. The monoisotopic (exact) mass is 385 g/mol. The molecule has 0 aromatic heterocycles. The number of hydrogen-bond acceptors (Lipinski definition) is 3. The van der Waals surface area contributed by atoms with Gasteiger partial charge in [0.05, 0.1) is 22.8 Å². The first kappa shape index (κ1) is 12.0. The fraction of sp³-hybridized carbons (Fsp3) is 0.125. The Bertz CT molecular complexity index is 393. The van der Waals surface area contributed by atoms with Crippen LogP contribution in [0.4, 0.5) is 5.69 Å². The number of nitrogens with two attached hydrogens (primary N) is 1. The van der Waals surface area contributed by atoms with E-state index in [1.165, 1.54) is 7.11 Å². The molecule has 1 aromatic carbocycles. The minimum atomic E-state index is -0.442. The smallest absolute Gasteiger partial charge is 0.340 e. The van der Waals surface area contributed by atoms with Gasteiger partial charge in [0, 0.05) is 8.95 Å². The summed E-state index contributed by atoms with van der Waals surface area (Å²) >= 11 is 9.76. The molecule has 0 atom stereocenters. The van der Waals surface area contributed by atoms with Crippen molar-refractivity contribution in [3.8, 4) is 0 Å². The van der Waals surface area contributed by atoms with Gasteiger partial charge in [-0.3, -0.25) is 0 Å². The molecule has 14 heavy (non-hydrogen) atoms. The lowest BCUT2D eigenvalue weighted by molar-refractivity contribution is 0.0598. The van der Waals surface area contributed by atoms with Crippen molar-refractivity contribution in [1.82, 2.24) is 0 Å². The molecule has 76 valence electrons.